The van der Waals surface area contributed by atoms with Crippen molar-refractivity contribution in [1.82, 2.24) is 0 Å². The monoisotopic (exact) mass is 524 g/mol. The van der Waals surface area contributed by atoms with Crippen LogP contribution >= 0.6 is 0 Å². The number of benzene rings is 3. The number of halogens is 3. The molecule has 3 nitrogen and oxygen atoms in total. The maximum atomic E-state index is 15.0. The van der Waals surface area contributed by atoms with Crippen LogP contribution < -0.4 is 9.47 Å². The Balaban J connectivity index is 1.32. The summed E-state index contributed by atoms with van der Waals surface area (Å²) in [5.41, 5.74) is 2.24. The zero-order valence-corrected chi connectivity index (χ0v) is 22.1. The number of rotatable bonds is 10. The number of hydrogen-bond donors (Lipinski definition) is 0. The van der Waals surface area contributed by atoms with E-state index in [9.17, 15) is 13.6 Å². The molecular weight excluding hydrogens is 489 g/mol. The van der Waals surface area contributed by atoms with Gasteiger partial charge in [0.1, 0.15) is 5.75 Å². The SMILES string of the molecule is CCCCCCOc1ccc(OC(=O)C2CCC(c3ccc(-c4ccc(C)cc4)c(F)c3F)CC2)c(F)c1. The number of unbranched alkanes of at least 4 members (excludes halogenated alkanes) is 3. The second-order valence-corrected chi connectivity index (χ2v) is 10.2. The maximum absolute atomic E-state index is 15.0. The number of aryl methyl sites for hydroxylation is 1. The molecule has 1 aliphatic rings. The molecule has 202 valence electrons. The molecule has 0 radical (unpaired) electrons. The van der Waals surface area contributed by atoms with E-state index in [1.54, 1.807) is 30.3 Å². The Morgan fingerprint density at radius 1 is 0.868 bits per heavy atom. The molecule has 0 aromatic heterocycles. The summed E-state index contributed by atoms with van der Waals surface area (Å²) in [6, 6.07) is 14.8. The molecule has 0 spiro atoms. The van der Waals surface area contributed by atoms with Gasteiger partial charge in [-0.3, -0.25) is 4.79 Å². The normalized spacial score (nSPS) is 17.3. The summed E-state index contributed by atoms with van der Waals surface area (Å²) in [5.74, 6) is -3.16. The van der Waals surface area contributed by atoms with Gasteiger partial charge in [-0.1, -0.05) is 68.1 Å². The molecule has 0 saturated heterocycles. The van der Waals surface area contributed by atoms with E-state index >= 15 is 4.39 Å². The van der Waals surface area contributed by atoms with Crippen molar-refractivity contribution in [2.75, 3.05) is 6.61 Å². The molecule has 0 aliphatic heterocycles. The van der Waals surface area contributed by atoms with Crippen LogP contribution in [0.5, 0.6) is 11.5 Å². The molecule has 4 rings (SSSR count). The van der Waals surface area contributed by atoms with Crippen LogP contribution in [-0.2, 0) is 4.79 Å². The van der Waals surface area contributed by atoms with Crippen LogP contribution in [0.4, 0.5) is 13.2 Å². The Morgan fingerprint density at radius 3 is 2.29 bits per heavy atom. The van der Waals surface area contributed by atoms with Crippen LogP contribution in [0.1, 0.15) is 75.3 Å². The van der Waals surface area contributed by atoms with Crippen LogP contribution in [0, 0.1) is 30.3 Å². The van der Waals surface area contributed by atoms with E-state index in [4.69, 9.17) is 9.47 Å². The minimum atomic E-state index is -0.850. The van der Waals surface area contributed by atoms with Crippen LogP contribution in [0.25, 0.3) is 11.1 Å². The minimum Gasteiger partial charge on any atom is -0.493 e. The van der Waals surface area contributed by atoms with Gasteiger partial charge in [0.2, 0.25) is 0 Å². The fraction of sp³-hybridized carbons (Fsp3) is 0.406. The lowest BCUT2D eigenvalue weighted by Gasteiger charge is -2.28. The molecule has 1 saturated carbocycles. The summed E-state index contributed by atoms with van der Waals surface area (Å²) >= 11 is 0. The first-order valence-electron chi connectivity index (χ1n) is 13.6. The molecular formula is C32H35F3O3. The average molecular weight is 525 g/mol. The number of esters is 1. The van der Waals surface area contributed by atoms with Gasteiger partial charge in [-0.05, 0) is 68.2 Å². The summed E-state index contributed by atoms with van der Waals surface area (Å²) < 4.78 is 55.4. The third kappa shape index (κ3) is 6.77. The molecule has 3 aromatic carbocycles. The van der Waals surface area contributed by atoms with E-state index in [1.807, 2.05) is 19.1 Å². The fourth-order valence-electron chi connectivity index (χ4n) is 5.04. The number of carbonyl (C=O) groups is 1. The van der Waals surface area contributed by atoms with Crippen LogP contribution in [0.2, 0.25) is 0 Å². The van der Waals surface area contributed by atoms with Crippen molar-refractivity contribution in [3.05, 3.63) is 83.2 Å². The molecule has 0 amide bonds. The maximum Gasteiger partial charge on any atom is 0.314 e. The van der Waals surface area contributed by atoms with Crippen molar-refractivity contribution >= 4 is 5.97 Å². The van der Waals surface area contributed by atoms with Gasteiger partial charge in [0.05, 0.1) is 12.5 Å². The van der Waals surface area contributed by atoms with Crippen molar-refractivity contribution in [3.8, 4) is 22.6 Å². The van der Waals surface area contributed by atoms with Crippen molar-refractivity contribution < 1.29 is 27.4 Å². The van der Waals surface area contributed by atoms with E-state index in [-0.39, 0.29) is 17.2 Å². The van der Waals surface area contributed by atoms with E-state index in [1.165, 1.54) is 12.1 Å². The molecule has 3 aromatic rings. The van der Waals surface area contributed by atoms with Gasteiger partial charge in [-0.2, -0.15) is 0 Å². The first-order valence-corrected chi connectivity index (χ1v) is 13.6. The Bertz CT molecular complexity index is 1230. The Labute approximate surface area is 223 Å². The second kappa shape index (κ2) is 13.0. The van der Waals surface area contributed by atoms with E-state index in [2.05, 4.69) is 6.92 Å². The zero-order chi connectivity index (χ0) is 27.1. The molecule has 0 bridgehead atoms. The first kappa shape index (κ1) is 27.7. The lowest BCUT2D eigenvalue weighted by Crippen LogP contribution is -2.25. The van der Waals surface area contributed by atoms with Gasteiger partial charge >= 0.3 is 5.97 Å². The Morgan fingerprint density at radius 2 is 1.61 bits per heavy atom. The van der Waals surface area contributed by atoms with Crippen LogP contribution in [-0.4, -0.2) is 12.6 Å². The second-order valence-electron chi connectivity index (χ2n) is 10.2. The molecule has 0 N–H and O–H groups in total. The van der Waals surface area contributed by atoms with E-state index in [0.717, 1.165) is 31.2 Å². The van der Waals surface area contributed by atoms with Gasteiger partial charge in [-0.25, -0.2) is 13.2 Å². The quantitative estimate of drug-likeness (QED) is 0.151. The van der Waals surface area contributed by atoms with Crippen molar-refractivity contribution in [3.63, 3.8) is 0 Å². The lowest BCUT2D eigenvalue weighted by molar-refractivity contribution is -0.140. The first-order chi connectivity index (χ1) is 18.4. The topological polar surface area (TPSA) is 35.5 Å². The number of ether oxygens (including phenoxy) is 2. The average Bonchev–Trinajstić information content (AvgIpc) is 2.92. The van der Waals surface area contributed by atoms with Crippen LogP contribution in [0.15, 0.2) is 54.6 Å². The third-order valence-corrected chi connectivity index (χ3v) is 7.36. The molecule has 0 unspecified atom stereocenters. The smallest absolute Gasteiger partial charge is 0.314 e. The van der Waals surface area contributed by atoms with Gasteiger partial charge < -0.3 is 9.47 Å². The largest absolute Gasteiger partial charge is 0.493 e. The van der Waals surface area contributed by atoms with Crippen molar-refractivity contribution in [2.24, 2.45) is 5.92 Å². The van der Waals surface area contributed by atoms with Crippen molar-refractivity contribution in [2.45, 2.75) is 71.1 Å². The van der Waals surface area contributed by atoms with Gasteiger partial charge in [0.15, 0.2) is 23.2 Å². The zero-order valence-electron chi connectivity index (χ0n) is 22.1. The Kier molecular flexibility index (Phi) is 9.48. The molecule has 1 fully saturated rings. The van der Waals surface area contributed by atoms with Gasteiger partial charge in [0, 0.05) is 11.6 Å². The minimum absolute atomic E-state index is 0.129. The highest BCUT2D eigenvalue weighted by atomic mass is 19.2. The third-order valence-electron chi connectivity index (χ3n) is 7.36. The molecule has 6 heteroatoms. The summed E-state index contributed by atoms with van der Waals surface area (Å²) in [5, 5.41) is 0. The lowest BCUT2D eigenvalue weighted by atomic mass is 9.78. The fourth-order valence-corrected chi connectivity index (χ4v) is 5.04. The predicted molar refractivity (Wildman–Crippen MR) is 143 cm³/mol. The Hall–Kier alpha value is -3.28. The summed E-state index contributed by atoms with van der Waals surface area (Å²) in [7, 11) is 0. The summed E-state index contributed by atoms with van der Waals surface area (Å²) in [6.07, 6.45) is 6.21. The summed E-state index contributed by atoms with van der Waals surface area (Å²) in [6.45, 7) is 4.59. The highest BCUT2D eigenvalue weighted by Gasteiger charge is 2.31. The highest BCUT2D eigenvalue weighted by molar-refractivity contribution is 5.75. The number of hydrogen-bond acceptors (Lipinski definition) is 3. The van der Waals surface area contributed by atoms with E-state index < -0.39 is 29.3 Å². The standard InChI is InChI=1S/C32H35F3O3/c1-3-4-5-6-19-37-25-15-18-29(28(33)20-25)38-32(36)24-13-11-23(12-14-24)27-17-16-26(30(34)31(27)35)22-9-7-21(2)8-10-22/h7-10,15-18,20,23-24H,3-6,11-14,19H2,1-2H3. The predicted octanol–water partition coefficient (Wildman–Crippen LogP) is 8.92. The van der Waals surface area contributed by atoms with Crippen LogP contribution in [0.3, 0.4) is 0 Å². The van der Waals surface area contributed by atoms with Gasteiger partial charge in [-0.15, -0.1) is 0 Å². The molecule has 0 atom stereocenters. The molecule has 1 aliphatic carbocycles. The highest BCUT2D eigenvalue weighted by Crippen LogP contribution is 2.39. The van der Waals surface area contributed by atoms with E-state index in [0.29, 0.717) is 49.2 Å². The van der Waals surface area contributed by atoms with Gasteiger partial charge in [0.25, 0.3) is 0 Å². The molecule has 38 heavy (non-hydrogen) atoms. The van der Waals surface area contributed by atoms with Crippen molar-refractivity contribution in [1.29, 1.82) is 0 Å². The molecule has 0 heterocycles. The number of carbonyl (C=O) groups excluding carboxylic acids is 1. The summed E-state index contributed by atoms with van der Waals surface area (Å²) in [4.78, 5) is 12.7.